The third kappa shape index (κ3) is 2.78. The maximum Gasteiger partial charge on any atom is 0.166 e. The lowest BCUT2D eigenvalue weighted by molar-refractivity contribution is -0.150. The summed E-state index contributed by atoms with van der Waals surface area (Å²) in [5, 5.41) is 0. The first-order chi connectivity index (χ1) is 6.13. The molecular formula is C10H18O3. The van der Waals surface area contributed by atoms with Crippen LogP contribution in [0.1, 0.15) is 20.8 Å². The van der Waals surface area contributed by atoms with Gasteiger partial charge in [0.25, 0.3) is 0 Å². The smallest absolute Gasteiger partial charge is 0.166 e. The molecule has 0 aromatic heterocycles. The van der Waals surface area contributed by atoms with Crippen molar-refractivity contribution in [3.63, 3.8) is 0 Å². The monoisotopic (exact) mass is 186 g/mol. The topological polar surface area (TPSA) is 35.5 Å². The van der Waals surface area contributed by atoms with Crippen LogP contribution in [-0.2, 0) is 14.3 Å². The summed E-state index contributed by atoms with van der Waals surface area (Å²) < 4.78 is 10.5. The average molecular weight is 186 g/mol. The van der Waals surface area contributed by atoms with Gasteiger partial charge in [-0.25, -0.2) is 0 Å². The van der Waals surface area contributed by atoms with Crippen molar-refractivity contribution in [2.75, 3.05) is 19.8 Å². The number of rotatable bonds is 3. The highest BCUT2D eigenvalue weighted by atomic mass is 16.6. The average Bonchev–Trinajstić information content (AvgIpc) is 2.17. The van der Waals surface area contributed by atoms with Gasteiger partial charge in [0.15, 0.2) is 5.78 Å². The van der Waals surface area contributed by atoms with E-state index >= 15 is 0 Å². The summed E-state index contributed by atoms with van der Waals surface area (Å²) in [4.78, 5) is 11.7. The van der Waals surface area contributed by atoms with Gasteiger partial charge in [-0.2, -0.15) is 0 Å². The Labute approximate surface area is 79.4 Å². The number of hydrogen-bond donors (Lipinski definition) is 0. The van der Waals surface area contributed by atoms with Gasteiger partial charge < -0.3 is 9.47 Å². The Kier molecular flexibility index (Phi) is 3.88. The lowest BCUT2D eigenvalue weighted by atomic mass is 9.91. The van der Waals surface area contributed by atoms with Gasteiger partial charge in [-0.05, 0) is 5.92 Å². The van der Waals surface area contributed by atoms with Crippen molar-refractivity contribution in [3.05, 3.63) is 0 Å². The molecule has 0 aliphatic carbocycles. The van der Waals surface area contributed by atoms with Gasteiger partial charge in [0.05, 0.1) is 19.8 Å². The summed E-state index contributed by atoms with van der Waals surface area (Å²) in [5.74, 6) is 0.611. The number of ether oxygens (including phenoxy) is 2. The molecule has 1 heterocycles. The molecule has 0 aromatic carbocycles. The maximum absolute atomic E-state index is 11.7. The van der Waals surface area contributed by atoms with Gasteiger partial charge >= 0.3 is 0 Å². The van der Waals surface area contributed by atoms with Gasteiger partial charge in [-0.3, -0.25) is 4.79 Å². The molecule has 0 aromatic rings. The van der Waals surface area contributed by atoms with E-state index in [9.17, 15) is 4.79 Å². The highest BCUT2D eigenvalue weighted by Crippen LogP contribution is 2.15. The van der Waals surface area contributed by atoms with Crippen molar-refractivity contribution in [2.45, 2.75) is 26.9 Å². The Morgan fingerprint density at radius 2 is 2.00 bits per heavy atom. The summed E-state index contributed by atoms with van der Waals surface area (Å²) in [5.41, 5.74) is 0. The van der Waals surface area contributed by atoms with Gasteiger partial charge in [0.2, 0.25) is 0 Å². The molecule has 3 nitrogen and oxygen atoms in total. The first-order valence-corrected chi connectivity index (χ1v) is 4.86. The second kappa shape index (κ2) is 4.72. The number of carbonyl (C=O) groups is 1. The number of hydrogen-bond acceptors (Lipinski definition) is 3. The van der Waals surface area contributed by atoms with Crippen LogP contribution in [-0.4, -0.2) is 31.7 Å². The summed E-state index contributed by atoms with van der Waals surface area (Å²) in [6, 6.07) is 0. The zero-order valence-corrected chi connectivity index (χ0v) is 8.58. The Balaban J connectivity index is 2.45. The summed E-state index contributed by atoms with van der Waals surface area (Å²) in [6.45, 7) is 7.63. The molecule has 1 aliphatic heterocycles. The zero-order chi connectivity index (χ0) is 9.84. The molecule has 0 radical (unpaired) electrons. The molecule has 0 N–H and O–H groups in total. The van der Waals surface area contributed by atoms with E-state index in [0.29, 0.717) is 25.7 Å². The molecular weight excluding hydrogens is 168 g/mol. The minimum atomic E-state index is -0.328. The van der Waals surface area contributed by atoms with E-state index in [1.165, 1.54) is 0 Å². The normalized spacial score (nSPS) is 26.0. The Bertz CT molecular complexity index is 171. The molecule has 13 heavy (non-hydrogen) atoms. The van der Waals surface area contributed by atoms with Crippen molar-refractivity contribution < 1.29 is 14.3 Å². The fourth-order valence-corrected chi connectivity index (χ4v) is 1.27. The lowest BCUT2D eigenvalue weighted by Crippen LogP contribution is -2.39. The quantitative estimate of drug-likeness (QED) is 0.665. The first kappa shape index (κ1) is 10.7. The molecule has 0 bridgehead atoms. The van der Waals surface area contributed by atoms with Crippen LogP contribution in [0.25, 0.3) is 0 Å². The van der Waals surface area contributed by atoms with Crippen LogP contribution in [0, 0.1) is 11.8 Å². The van der Waals surface area contributed by atoms with Crippen LogP contribution in [0.4, 0.5) is 0 Å². The van der Waals surface area contributed by atoms with Crippen LogP contribution in [0.15, 0.2) is 0 Å². The molecule has 2 atom stereocenters. The van der Waals surface area contributed by atoms with Crippen LogP contribution in [0.3, 0.4) is 0 Å². The minimum absolute atomic E-state index is 0.0618. The second-order valence-electron chi connectivity index (χ2n) is 3.87. The number of ketones is 1. The van der Waals surface area contributed by atoms with Crippen LogP contribution >= 0.6 is 0 Å². The van der Waals surface area contributed by atoms with Crippen LogP contribution in [0.5, 0.6) is 0 Å². The summed E-state index contributed by atoms with van der Waals surface area (Å²) in [7, 11) is 0. The van der Waals surface area contributed by atoms with Gasteiger partial charge in [0, 0.05) is 5.92 Å². The molecule has 76 valence electrons. The third-order valence-corrected chi connectivity index (χ3v) is 2.58. The fraction of sp³-hybridized carbons (Fsp3) is 0.900. The van der Waals surface area contributed by atoms with Crippen molar-refractivity contribution in [3.8, 4) is 0 Å². The Morgan fingerprint density at radius 3 is 2.46 bits per heavy atom. The van der Waals surface area contributed by atoms with Crippen molar-refractivity contribution in [1.29, 1.82) is 0 Å². The molecule has 2 unspecified atom stereocenters. The molecule has 1 aliphatic rings. The minimum Gasteiger partial charge on any atom is -0.376 e. The number of carbonyl (C=O) groups excluding carboxylic acids is 1. The summed E-state index contributed by atoms with van der Waals surface area (Å²) >= 11 is 0. The lowest BCUT2D eigenvalue weighted by Gasteiger charge is -2.25. The SMILES string of the molecule is CC(C)C(C)C(=O)C1COCCO1. The molecule has 1 fully saturated rings. The Hall–Kier alpha value is -0.410. The van der Waals surface area contributed by atoms with Crippen molar-refractivity contribution in [1.82, 2.24) is 0 Å². The van der Waals surface area contributed by atoms with E-state index < -0.39 is 0 Å². The standard InChI is InChI=1S/C10H18O3/c1-7(2)8(3)10(11)9-6-12-4-5-13-9/h7-9H,4-6H2,1-3H3. The molecule has 0 amide bonds. The molecule has 1 rings (SSSR count). The third-order valence-electron chi connectivity index (χ3n) is 2.58. The largest absolute Gasteiger partial charge is 0.376 e. The molecule has 0 spiro atoms. The van der Waals surface area contributed by atoms with Crippen molar-refractivity contribution >= 4 is 5.78 Å². The van der Waals surface area contributed by atoms with Gasteiger partial charge in [0.1, 0.15) is 6.10 Å². The zero-order valence-electron chi connectivity index (χ0n) is 8.58. The van der Waals surface area contributed by atoms with E-state index in [0.717, 1.165) is 0 Å². The fourth-order valence-electron chi connectivity index (χ4n) is 1.27. The molecule has 1 saturated heterocycles. The van der Waals surface area contributed by atoms with Crippen molar-refractivity contribution in [2.24, 2.45) is 11.8 Å². The Morgan fingerprint density at radius 1 is 1.31 bits per heavy atom. The van der Waals surface area contributed by atoms with Crippen LogP contribution in [0.2, 0.25) is 0 Å². The van der Waals surface area contributed by atoms with E-state index in [1.807, 2.05) is 20.8 Å². The van der Waals surface area contributed by atoms with Gasteiger partial charge in [-0.15, -0.1) is 0 Å². The first-order valence-electron chi connectivity index (χ1n) is 4.86. The molecule has 3 heteroatoms. The van der Waals surface area contributed by atoms with Gasteiger partial charge in [-0.1, -0.05) is 20.8 Å². The van der Waals surface area contributed by atoms with Crippen LogP contribution < -0.4 is 0 Å². The predicted molar refractivity (Wildman–Crippen MR) is 49.6 cm³/mol. The number of Topliss-reactive ketones (excluding diaryl/α,β-unsaturated/α-hetero) is 1. The van der Waals surface area contributed by atoms with E-state index in [4.69, 9.17) is 9.47 Å². The van der Waals surface area contributed by atoms with E-state index in [2.05, 4.69) is 0 Å². The van der Waals surface area contributed by atoms with E-state index in [1.54, 1.807) is 0 Å². The molecule has 0 saturated carbocycles. The maximum atomic E-state index is 11.7. The van der Waals surface area contributed by atoms with E-state index in [-0.39, 0.29) is 17.8 Å². The summed E-state index contributed by atoms with van der Waals surface area (Å²) in [6.07, 6.45) is -0.328. The highest BCUT2D eigenvalue weighted by molar-refractivity contribution is 5.85. The second-order valence-corrected chi connectivity index (χ2v) is 3.87. The predicted octanol–water partition coefficient (Wildman–Crippen LogP) is 1.26. The highest BCUT2D eigenvalue weighted by Gasteiger charge is 2.28.